The normalized spacial score (nSPS) is 11.6. The van der Waals surface area contributed by atoms with Crippen molar-refractivity contribution >= 4 is 17.4 Å². The van der Waals surface area contributed by atoms with Crippen molar-refractivity contribution in [2.45, 2.75) is 13.0 Å². The Balaban J connectivity index is 1.87. The van der Waals surface area contributed by atoms with Crippen molar-refractivity contribution in [3.05, 3.63) is 47.5 Å². The number of benzene rings is 1. The van der Waals surface area contributed by atoms with Gasteiger partial charge in [0.05, 0.1) is 18.0 Å². The summed E-state index contributed by atoms with van der Waals surface area (Å²) >= 11 is 6.08. The first kappa shape index (κ1) is 14.2. The predicted molar refractivity (Wildman–Crippen MR) is 76.3 cm³/mol. The summed E-state index contributed by atoms with van der Waals surface area (Å²) in [6.45, 7) is 1.38. The summed E-state index contributed by atoms with van der Waals surface area (Å²) in [5.74, 6) is 0.588. The van der Waals surface area contributed by atoms with E-state index in [4.69, 9.17) is 27.3 Å². The Bertz CT molecular complexity index is 584. The molecule has 2 aromatic rings. The molecule has 0 saturated heterocycles. The number of hydrogen-bond donors (Lipinski definition) is 2. The number of aromatic nitrogens is 2. The molecule has 0 aliphatic carbocycles. The SMILES string of the molecule is NC(=NO)c1ccc(OCCCn2ccnc2)c(Cl)c1. The molecule has 7 heteroatoms. The molecule has 1 heterocycles. The zero-order valence-corrected chi connectivity index (χ0v) is 11.5. The number of aryl methyl sites for hydroxylation is 1. The lowest BCUT2D eigenvalue weighted by molar-refractivity contribution is 0.302. The van der Waals surface area contributed by atoms with Crippen LogP contribution in [0.15, 0.2) is 42.1 Å². The van der Waals surface area contributed by atoms with E-state index in [1.54, 1.807) is 30.7 Å². The monoisotopic (exact) mass is 294 g/mol. The first-order valence-electron chi connectivity index (χ1n) is 6.06. The molecular weight excluding hydrogens is 280 g/mol. The summed E-state index contributed by atoms with van der Waals surface area (Å²) in [7, 11) is 0. The van der Waals surface area contributed by atoms with Gasteiger partial charge in [0.2, 0.25) is 0 Å². The fourth-order valence-corrected chi connectivity index (χ4v) is 1.92. The third-order valence-electron chi connectivity index (χ3n) is 2.71. The van der Waals surface area contributed by atoms with E-state index in [1.807, 2.05) is 10.8 Å². The maximum Gasteiger partial charge on any atom is 0.170 e. The second kappa shape index (κ2) is 6.81. The highest BCUT2D eigenvalue weighted by atomic mass is 35.5. The van der Waals surface area contributed by atoms with Gasteiger partial charge in [-0.05, 0) is 24.6 Å². The van der Waals surface area contributed by atoms with Crippen LogP contribution in [-0.4, -0.2) is 27.2 Å². The third kappa shape index (κ3) is 3.64. The number of imidazole rings is 1. The summed E-state index contributed by atoms with van der Waals surface area (Å²) in [6.07, 6.45) is 6.25. The van der Waals surface area contributed by atoms with Crippen molar-refractivity contribution in [3.63, 3.8) is 0 Å². The smallest absolute Gasteiger partial charge is 0.170 e. The van der Waals surface area contributed by atoms with Crippen LogP contribution in [0, 0.1) is 0 Å². The van der Waals surface area contributed by atoms with Gasteiger partial charge in [0.1, 0.15) is 5.75 Å². The molecular formula is C13H15ClN4O2. The lowest BCUT2D eigenvalue weighted by atomic mass is 10.2. The van der Waals surface area contributed by atoms with Gasteiger partial charge in [-0.15, -0.1) is 0 Å². The van der Waals surface area contributed by atoms with E-state index in [-0.39, 0.29) is 5.84 Å². The van der Waals surface area contributed by atoms with Crippen LogP contribution >= 0.6 is 11.6 Å². The minimum Gasteiger partial charge on any atom is -0.492 e. The van der Waals surface area contributed by atoms with Crippen LogP contribution in [0.1, 0.15) is 12.0 Å². The summed E-state index contributed by atoms with van der Waals surface area (Å²) in [5, 5.41) is 11.9. The number of nitrogens with two attached hydrogens (primary N) is 1. The molecule has 3 N–H and O–H groups in total. The number of rotatable bonds is 6. The average Bonchev–Trinajstić information content (AvgIpc) is 2.97. The van der Waals surface area contributed by atoms with Gasteiger partial charge < -0.3 is 20.2 Å². The molecule has 0 bridgehead atoms. The van der Waals surface area contributed by atoms with Gasteiger partial charge in [0.15, 0.2) is 5.84 Å². The maximum absolute atomic E-state index is 8.59. The van der Waals surface area contributed by atoms with Crippen LogP contribution in [0.25, 0.3) is 0 Å². The van der Waals surface area contributed by atoms with Gasteiger partial charge in [-0.3, -0.25) is 0 Å². The lowest BCUT2D eigenvalue weighted by Gasteiger charge is -2.09. The zero-order chi connectivity index (χ0) is 14.4. The van der Waals surface area contributed by atoms with Crippen LogP contribution in [0.3, 0.4) is 0 Å². The lowest BCUT2D eigenvalue weighted by Crippen LogP contribution is -2.13. The summed E-state index contributed by atoms with van der Waals surface area (Å²) in [5.41, 5.74) is 6.03. The van der Waals surface area contributed by atoms with E-state index in [0.29, 0.717) is 22.9 Å². The molecule has 1 aromatic heterocycles. The number of halogens is 1. The largest absolute Gasteiger partial charge is 0.492 e. The van der Waals surface area contributed by atoms with Crippen molar-refractivity contribution in [1.29, 1.82) is 0 Å². The van der Waals surface area contributed by atoms with Crippen molar-refractivity contribution in [3.8, 4) is 5.75 Å². The molecule has 0 saturated carbocycles. The summed E-state index contributed by atoms with van der Waals surface area (Å²) in [4.78, 5) is 3.97. The standard InChI is InChI=1S/C13H15ClN4O2/c14-11-8-10(13(15)17-19)2-3-12(11)20-7-1-5-18-6-4-16-9-18/h2-4,6,8-9,19H,1,5,7H2,(H2,15,17). The Hall–Kier alpha value is -2.21. The molecule has 0 aliphatic heterocycles. The number of amidine groups is 1. The molecule has 0 aliphatic rings. The molecule has 0 amide bonds. The number of hydrogen-bond acceptors (Lipinski definition) is 4. The van der Waals surface area contributed by atoms with E-state index < -0.39 is 0 Å². The van der Waals surface area contributed by atoms with Crippen molar-refractivity contribution in [1.82, 2.24) is 9.55 Å². The third-order valence-corrected chi connectivity index (χ3v) is 3.01. The summed E-state index contributed by atoms with van der Waals surface area (Å²) in [6, 6.07) is 4.99. The Morgan fingerprint density at radius 3 is 3.00 bits per heavy atom. The summed E-state index contributed by atoms with van der Waals surface area (Å²) < 4.78 is 7.57. The molecule has 106 valence electrons. The Kier molecular flexibility index (Phi) is 4.84. The van der Waals surface area contributed by atoms with E-state index in [0.717, 1.165) is 13.0 Å². The van der Waals surface area contributed by atoms with Crippen molar-refractivity contribution in [2.24, 2.45) is 10.9 Å². The van der Waals surface area contributed by atoms with E-state index >= 15 is 0 Å². The van der Waals surface area contributed by atoms with E-state index in [1.165, 1.54) is 0 Å². The molecule has 2 rings (SSSR count). The average molecular weight is 295 g/mol. The minimum atomic E-state index is 0.0126. The molecule has 0 unspecified atom stereocenters. The van der Waals surface area contributed by atoms with Crippen LogP contribution < -0.4 is 10.5 Å². The Labute approximate surface area is 121 Å². The van der Waals surface area contributed by atoms with Crippen molar-refractivity contribution in [2.75, 3.05) is 6.61 Å². The quantitative estimate of drug-likeness (QED) is 0.281. The zero-order valence-electron chi connectivity index (χ0n) is 10.7. The molecule has 0 fully saturated rings. The van der Waals surface area contributed by atoms with Crippen LogP contribution in [0.4, 0.5) is 0 Å². The van der Waals surface area contributed by atoms with Gasteiger partial charge >= 0.3 is 0 Å². The second-order valence-electron chi connectivity index (χ2n) is 4.13. The first-order valence-corrected chi connectivity index (χ1v) is 6.44. The Morgan fingerprint density at radius 2 is 2.35 bits per heavy atom. The molecule has 0 radical (unpaired) electrons. The fourth-order valence-electron chi connectivity index (χ4n) is 1.68. The molecule has 0 atom stereocenters. The number of oxime groups is 1. The van der Waals surface area contributed by atoms with Gasteiger partial charge in [-0.25, -0.2) is 4.98 Å². The first-order chi connectivity index (χ1) is 9.70. The highest BCUT2D eigenvalue weighted by molar-refractivity contribution is 6.32. The molecule has 20 heavy (non-hydrogen) atoms. The van der Waals surface area contributed by atoms with Gasteiger partial charge in [-0.2, -0.15) is 0 Å². The Morgan fingerprint density at radius 1 is 1.50 bits per heavy atom. The van der Waals surface area contributed by atoms with Crippen LogP contribution in [0.5, 0.6) is 5.75 Å². The number of ether oxygens (including phenoxy) is 1. The van der Waals surface area contributed by atoms with Crippen molar-refractivity contribution < 1.29 is 9.94 Å². The highest BCUT2D eigenvalue weighted by Crippen LogP contribution is 2.25. The minimum absolute atomic E-state index is 0.0126. The van der Waals surface area contributed by atoms with Crippen LogP contribution in [0.2, 0.25) is 5.02 Å². The predicted octanol–water partition coefficient (Wildman–Crippen LogP) is 2.10. The van der Waals surface area contributed by atoms with Gasteiger partial charge in [0.25, 0.3) is 0 Å². The number of nitrogens with zero attached hydrogens (tertiary/aromatic N) is 3. The molecule has 6 nitrogen and oxygen atoms in total. The van der Waals surface area contributed by atoms with Crippen LogP contribution in [-0.2, 0) is 6.54 Å². The molecule has 1 aromatic carbocycles. The fraction of sp³-hybridized carbons (Fsp3) is 0.231. The van der Waals surface area contributed by atoms with E-state index in [2.05, 4.69) is 10.1 Å². The topological polar surface area (TPSA) is 85.7 Å². The van der Waals surface area contributed by atoms with Gasteiger partial charge in [0, 0.05) is 24.5 Å². The molecule has 0 spiro atoms. The second-order valence-corrected chi connectivity index (χ2v) is 4.54. The maximum atomic E-state index is 8.59. The van der Waals surface area contributed by atoms with Gasteiger partial charge in [-0.1, -0.05) is 16.8 Å². The highest BCUT2D eigenvalue weighted by Gasteiger charge is 2.06. The van der Waals surface area contributed by atoms with E-state index in [9.17, 15) is 0 Å².